The van der Waals surface area contributed by atoms with E-state index < -0.39 is 0 Å². The fourth-order valence-corrected chi connectivity index (χ4v) is 0.348. The molecule has 1 aromatic heterocycles. The number of hydrogen-bond acceptors (Lipinski definition) is 2. The maximum atomic E-state index is 3.78. The molecular formula is C4H6N3. The predicted molar refractivity (Wildman–Crippen MR) is 25.4 cm³/mol. The van der Waals surface area contributed by atoms with Gasteiger partial charge in [-0.25, -0.2) is 4.98 Å². The fraction of sp³-hybridized carbons (Fsp3) is 0.250. The molecular weight excluding hydrogens is 90.1 g/mol. The van der Waals surface area contributed by atoms with Crippen LogP contribution >= 0.6 is 0 Å². The van der Waals surface area contributed by atoms with Gasteiger partial charge in [0.15, 0.2) is 0 Å². The third kappa shape index (κ3) is 0.765. The Balaban J connectivity index is 2.76. The van der Waals surface area contributed by atoms with Crippen LogP contribution in [0.1, 0.15) is 0 Å². The zero-order valence-electron chi connectivity index (χ0n) is 3.91. The van der Waals surface area contributed by atoms with E-state index in [1.54, 1.807) is 11.0 Å². The van der Waals surface area contributed by atoms with Crippen molar-refractivity contribution in [1.82, 2.24) is 14.8 Å². The van der Waals surface area contributed by atoms with Crippen LogP contribution in [-0.2, 0) is 6.54 Å². The van der Waals surface area contributed by atoms with Gasteiger partial charge in [0.25, 0.3) is 0 Å². The highest BCUT2D eigenvalue weighted by molar-refractivity contribution is 4.55. The van der Waals surface area contributed by atoms with Crippen molar-refractivity contribution in [2.24, 2.45) is 0 Å². The highest BCUT2D eigenvalue weighted by Crippen LogP contribution is 1.73. The molecule has 1 radical (unpaired) electrons. The van der Waals surface area contributed by atoms with Crippen molar-refractivity contribution in [2.45, 2.75) is 6.54 Å². The SMILES string of the molecule is [CH2]Cn1cncn1. The first-order valence-corrected chi connectivity index (χ1v) is 2.05. The van der Waals surface area contributed by atoms with Crippen LogP contribution in [0.15, 0.2) is 12.7 Å². The van der Waals surface area contributed by atoms with E-state index in [9.17, 15) is 0 Å². The van der Waals surface area contributed by atoms with Crippen molar-refractivity contribution in [1.29, 1.82) is 0 Å². The summed E-state index contributed by atoms with van der Waals surface area (Å²) in [7, 11) is 0. The minimum atomic E-state index is 0.653. The lowest BCUT2D eigenvalue weighted by atomic mass is 10.8. The van der Waals surface area contributed by atoms with E-state index in [1.807, 2.05) is 0 Å². The molecule has 0 aliphatic rings. The first kappa shape index (κ1) is 4.30. The van der Waals surface area contributed by atoms with Gasteiger partial charge in [-0.15, -0.1) is 0 Å². The van der Waals surface area contributed by atoms with Crippen molar-refractivity contribution in [2.75, 3.05) is 0 Å². The van der Waals surface area contributed by atoms with Crippen molar-refractivity contribution in [3.63, 3.8) is 0 Å². The molecule has 0 saturated carbocycles. The van der Waals surface area contributed by atoms with Crippen molar-refractivity contribution < 1.29 is 0 Å². The van der Waals surface area contributed by atoms with E-state index in [0.717, 1.165) is 0 Å². The Morgan fingerprint density at radius 1 is 1.71 bits per heavy atom. The van der Waals surface area contributed by atoms with Crippen LogP contribution in [-0.4, -0.2) is 14.8 Å². The molecule has 3 heteroatoms. The standard InChI is InChI=1S/C4H6N3/c1-2-7-4-5-3-6-7/h3-4H,1-2H2. The highest BCUT2D eigenvalue weighted by Gasteiger charge is 1.78. The molecule has 7 heavy (non-hydrogen) atoms. The highest BCUT2D eigenvalue weighted by atomic mass is 15.3. The molecule has 0 unspecified atom stereocenters. The average molecular weight is 96.1 g/mol. The van der Waals surface area contributed by atoms with Gasteiger partial charge >= 0.3 is 0 Å². The zero-order valence-corrected chi connectivity index (χ0v) is 3.91. The molecule has 0 bridgehead atoms. The van der Waals surface area contributed by atoms with Crippen LogP contribution in [0.5, 0.6) is 0 Å². The summed E-state index contributed by atoms with van der Waals surface area (Å²) in [5.41, 5.74) is 0. The van der Waals surface area contributed by atoms with Gasteiger partial charge < -0.3 is 0 Å². The first-order valence-electron chi connectivity index (χ1n) is 2.05. The molecule has 1 rings (SSSR count). The quantitative estimate of drug-likeness (QED) is 0.497. The van der Waals surface area contributed by atoms with Gasteiger partial charge in [-0.2, -0.15) is 5.10 Å². The third-order valence-corrected chi connectivity index (χ3v) is 0.696. The summed E-state index contributed by atoms with van der Waals surface area (Å²) in [6.45, 7) is 4.24. The minimum Gasteiger partial charge on any atom is -0.253 e. The molecule has 0 spiro atoms. The largest absolute Gasteiger partial charge is 0.253 e. The van der Waals surface area contributed by atoms with E-state index in [2.05, 4.69) is 17.0 Å². The van der Waals surface area contributed by atoms with Crippen LogP contribution in [0, 0.1) is 6.92 Å². The van der Waals surface area contributed by atoms with Crippen LogP contribution < -0.4 is 0 Å². The second-order valence-corrected chi connectivity index (χ2v) is 1.16. The lowest BCUT2D eigenvalue weighted by molar-refractivity contribution is 0.697. The van der Waals surface area contributed by atoms with Crippen LogP contribution in [0.4, 0.5) is 0 Å². The maximum Gasteiger partial charge on any atom is 0.137 e. The van der Waals surface area contributed by atoms with Gasteiger partial charge in [-0.05, 0) is 6.92 Å². The summed E-state index contributed by atoms with van der Waals surface area (Å²) in [6, 6.07) is 0. The predicted octanol–water partition coefficient (Wildman–Crippen LogP) is 0.112. The van der Waals surface area contributed by atoms with Crippen molar-refractivity contribution in [3.05, 3.63) is 19.6 Å². The Labute approximate surface area is 42.0 Å². The smallest absolute Gasteiger partial charge is 0.137 e. The summed E-state index contributed by atoms with van der Waals surface area (Å²) in [5, 5.41) is 3.78. The molecule has 0 aliphatic carbocycles. The van der Waals surface area contributed by atoms with Crippen LogP contribution in [0.2, 0.25) is 0 Å². The monoisotopic (exact) mass is 96.1 g/mol. The molecule has 0 atom stereocenters. The van der Waals surface area contributed by atoms with Gasteiger partial charge in [-0.1, -0.05) is 0 Å². The zero-order chi connectivity index (χ0) is 5.11. The molecule has 0 N–H and O–H groups in total. The van der Waals surface area contributed by atoms with Gasteiger partial charge in [-0.3, -0.25) is 4.68 Å². The van der Waals surface area contributed by atoms with E-state index in [1.165, 1.54) is 6.33 Å². The van der Waals surface area contributed by atoms with E-state index >= 15 is 0 Å². The van der Waals surface area contributed by atoms with Gasteiger partial charge in [0.05, 0.1) is 0 Å². The molecule has 1 heterocycles. The topological polar surface area (TPSA) is 30.7 Å². The number of aromatic nitrogens is 3. The Morgan fingerprint density at radius 3 is 2.86 bits per heavy atom. The summed E-state index contributed by atoms with van der Waals surface area (Å²) in [6.07, 6.45) is 3.12. The van der Waals surface area contributed by atoms with E-state index in [0.29, 0.717) is 6.54 Å². The van der Waals surface area contributed by atoms with Crippen LogP contribution in [0.25, 0.3) is 0 Å². The number of nitrogens with zero attached hydrogens (tertiary/aromatic N) is 3. The summed E-state index contributed by atoms with van der Waals surface area (Å²) < 4.78 is 1.65. The molecule has 37 valence electrons. The second kappa shape index (κ2) is 1.73. The lowest BCUT2D eigenvalue weighted by Gasteiger charge is -1.85. The number of hydrogen-bond donors (Lipinski definition) is 0. The average Bonchev–Trinajstić information content (AvgIpc) is 2.14. The van der Waals surface area contributed by atoms with Crippen molar-refractivity contribution >= 4 is 0 Å². The molecule has 0 saturated heterocycles. The Kier molecular flexibility index (Phi) is 1.06. The molecule has 1 aromatic rings. The second-order valence-electron chi connectivity index (χ2n) is 1.16. The van der Waals surface area contributed by atoms with Crippen molar-refractivity contribution in [3.8, 4) is 0 Å². The lowest BCUT2D eigenvalue weighted by Crippen LogP contribution is -1.92. The maximum absolute atomic E-state index is 3.78. The summed E-state index contributed by atoms with van der Waals surface area (Å²) >= 11 is 0. The summed E-state index contributed by atoms with van der Waals surface area (Å²) in [4.78, 5) is 3.70. The molecule has 0 aliphatic heterocycles. The molecule has 3 nitrogen and oxygen atoms in total. The minimum absolute atomic E-state index is 0.653. The van der Waals surface area contributed by atoms with Gasteiger partial charge in [0.1, 0.15) is 12.7 Å². The van der Waals surface area contributed by atoms with Gasteiger partial charge in [0.2, 0.25) is 0 Å². The Hall–Kier alpha value is -0.860. The molecule has 0 fully saturated rings. The van der Waals surface area contributed by atoms with E-state index in [-0.39, 0.29) is 0 Å². The normalized spacial score (nSPS) is 9.29. The fourth-order valence-electron chi connectivity index (χ4n) is 0.348. The summed E-state index contributed by atoms with van der Waals surface area (Å²) in [5.74, 6) is 0. The van der Waals surface area contributed by atoms with E-state index in [4.69, 9.17) is 0 Å². The Bertz CT molecular complexity index is 121. The molecule has 0 aromatic carbocycles. The number of rotatable bonds is 1. The van der Waals surface area contributed by atoms with Gasteiger partial charge in [0, 0.05) is 6.54 Å². The van der Waals surface area contributed by atoms with Crippen LogP contribution in [0.3, 0.4) is 0 Å². The Morgan fingerprint density at radius 2 is 2.57 bits per heavy atom. The third-order valence-electron chi connectivity index (χ3n) is 0.696. The molecule has 0 amide bonds. The first-order chi connectivity index (χ1) is 3.43.